The van der Waals surface area contributed by atoms with Crippen molar-refractivity contribution in [2.24, 2.45) is 0 Å². The van der Waals surface area contributed by atoms with Crippen molar-refractivity contribution in [3.63, 3.8) is 0 Å². The van der Waals surface area contributed by atoms with Crippen molar-refractivity contribution in [1.82, 2.24) is 0 Å². The Balaban J connectivity index is 3.21. The van der Waals surface area contributed by atoms with Gasteiger partial charge >= 0.3 is 0 Å². The summed E-state index contributed by atoms with van der Waals surface area (Å²) in [6, 6.07) is 0. The van der Waals surface area contributed by atoms with Crippen LogP contribution in [0.1, 0.15) is 104 Å². The predicted molar refractivity (Wildman–Crippen MR) is 105 cm³/mol. The monoisotopic (exact) mass is 336 g/mol. The second-order valence-electron chi connectivity index (χ2n) is 6.90. The molecule has 0 heterocycles. The van der Waals surface area contributed by atoms with Gasteiger partial charge in [-0.25, -0.2) is 0 Å². The first-order valence-corrected chi connectivity index (χ1v) is 10.2. The third-order valence-electron chi connectivity index (χ3n) is 4.39. The highest BCUT2D eigenvalue weighted by molar-refractivity contribution is 5.93. The molecule has 0 amide bonds. The van der Waals surface area contributed by atoms with Crippen LogP contribution < -0.4 is 0 Å². The summed E-state index contributed by atoms with van der Waals surface area (Å²) >= 11 is 0. The van der Waals surface area contributed by atoms with Crippen LogP contribution in [0, 0.1) is 0 Å². The fourth-order valence-corrected chi connectivity index (χ4v) is 2.74. The zero-order valence-corrected chi connectivity index (χ0v) is 16.1. The third-order valence-corrected chi connectivity index (χ3v) is 4.39. The Hall–Kier alpha value is -0.890. The van der Waals surface area contributed by atoms with E-state index < -0.39 is 6.10 Å². The maximum atomic E-state index is 11.1. The molecular formula is C22H40O2. The van der Waals surface area contributed by atoms with Crippen molar-refractivity contribution in [3.05, 3.63) is 24.3 Å². The van der Waals surface area contributed by atoms with Gasteiger partial charge in [-0.15, -0.1) is 0 Å². The van der Waals surface area contributed by atoms with E-state index in [2.05, 4.69) is 13.0 Å². The first-order valence-electron chi connectivity index (χ1n) is 10.2. The number of carbonyl (C=O) groups is 1. The van der Waals surface area contributed by atoms with Crippen molar-refractivity contribution in [2.75, 3.05) is 0 Å². The fraction of sp³-hybridized carbons (Fsp3) is 0.773. The maximum Gasteiger partial charge on any atom is 0.183 e. The molecule has 0 aromatic heterocycles. The van der Waals surface area contributed by atoms with Crippen LogP contribution >= 0.6 is 0 Å². The lowest BCUT2D eigenvalue weighted by Crippen LogP contribution is -2.12. The van der Waals surface area contributed by atoms with Crippen molar-refractivity contribution in [1.29, 1.82) is 0 Å². The van der Waals surface area contributed by atoms with E-state index in [4.69, 9.17) is 5.11 Å². The molecule has 2 heteroatoms. The minimum absolute atomic E-state index is 0.236. The molecule has 1 unspecified atom stereocenters. The molecule has 1 N–H and O–H groups in total. The normalized spacial score (nSPS) is 13.1. The molecule has 0 aliphatic rings. The smallest absolute Gasteiger partial charge is 0.183 e. The van der Waals surface area contributed by atoms with Crippen LogP contribution in [-0.2, 0) is 4.79 Å². The molecule has 1 atom stereocenters. The number of carbonyl (C=O) groups excluding carboxylic acids is 1. The van der Waals surface area contributed by atoms with Crippen molar-refractivity contribution >= 4 is 5.78 Å². The van der Waals surface area contributed by atoms with Gasteiger partial charge in [0.05, 0.1) is 0 Å². The van der Waals surface area contributed by atoms with Gasteiger partial charge in [0, 0.05) is 0 Å². The average Bonchev–Trinajstić information content (AvgIpc) is 2.57. The predicted octanol–water partition coefficient (Wildman–Crippen LogP) is 6.53. The zero-order valence-electron chi connectivity index (χ0n) is 16.1. The van der Waals surface area contributed by atoms with Gasteiger partial charge in [0.1, 0.15) is 6.10 Å². The summed E-state index contributed by atoms with van der Waals surface area (Å²) in [4.78, 5) is 11.1. The Morgan fingerprint density at radius 3 is 1.71 bits per heavy atom. The number of allylic oxidation sites excluding steroid dienone is 3. The van der Waals surface area contributed by atoms with Crippen molar-refractivity contribution in [2.45, 2.75) is 110 Å². The summed E-state index contributed by atoms with van der Waals surface area (Å²) in [6.07, 6.45) is 25.3. The Kier molecular flexibility index (Phi) is 17.8. The summed E-state index contributed by atoms with van der Waals surface area (Å²) in [6.45, 7) is 3.76. The number of hydrogen-bond donors (Lipinski definition) is 1. The molecule has 0 fully saturated rings. The second kappa shape index (κ2) is 18.4. The van der Waals surface area contributed by atoms with Crippen LogP contribution in [-0.4, -0.2) is 17.0 Å². The fourth-order valence-electron chi connectivity index (χ4n) is 2.74. The average molecular weight is 337 g/mol. The highest BCUT2D eigenvalue weighted by Crippen LogP contribution is 2.12. The zero-order chi connectivity index (χ0) is 17.9. The minimum Gasteiger partial charge on any atom is -0.385 e. The molecule has 2 nitrogen and oxygen atoms in total. The molecule has 0 rings (SSSR count). The summed E-state index contributed by atoms with van der Waals surface area (Å²) in [5.74, 6) is -0.236. The topological polar surface area (TPSA) is 37.3 Å². The second-order valence-corrected chi connectivity index (χ2v) is 6.90. The Morgan fingerprint density at radius 2 is 1.25 bits per heavy atom. The lowest BCUT2D eigenvalue weighted by molar-refractivity contribution is -0.121. The largest absolute Gasteiger partial charge is 0.385 e. The van der Waals surface area contributed by atoms with Crippen LogP contribution in [0.15, 0.2) is 24.3 Å². The highest BCUT2D eigenvalue weighted by atomic mass is 16.3. The molecule has 0 bridgehead atoms. The van der Waals surface area contributed by atoms with Gasteiger partial charge in [0.15, 0.2) is 5.78 Å². The van der Waals surface area contributed by atoms with Gasteiger partial charge in [-0.2, -0.15) is 0 Å². The summed E-state index contributed by atoms with van der Waals surface area (Å²) < 4.78 is 0. The molecule has 140 valence electrons. The standard InChI is InChI=1S/C22H40O2/c1-3-4-5-6-7-8-9-10-11-12-13-14-15-16-17-18-19-20-22(24)21(2)23/h17-21,23H,3-16H2,1-2H3. The lowest BCUT2D eigenvalue weighted by atomic mass is 10.0. The molecule has 0 aromatic carbocycles. The molecule has 0 spiro atoms. The molecule has 0 saturated heterocycles. The number of hydrogen-bond acceptors (Lipinski definition) is 2. The van der Waals surface area contributed by atoms with E-state index in [-0.39, 0.29) is 5.78 Å². The first-order chi connectivity index (χ1) is 11.7. The van der Waals surface area contributed by atoms with Crippen LogP contribution in [0.2, 0.25) is 0 Å². The number of ketones is 1. The lowest BCUT2D eigenvalue weighted by Gasteiger charge is -2.02. The van der Waals surface area contributed by atoms with Crippen molar-refractivity contribution in [3.8, 4) is 0 Å². The molecule has 0 radical (unpaired) electrons. The van der Waals surface area contributed by atoms with Crippen LogP contribution in [0.3, 0.4) is 0 Å². The van der Waals surface area contributed by atoms with Crippen LogP contribution in [0.25, 0.3) is 0 Å². The van der Waals surface area contributed by atoms with E-state index in [0.29, 0.717) is 0 Å². The van der Waals surface area contributed by atoms with E-state index in [1.807, 2.05) is 6.08 Å². The number of aliphatic hydroxyl groups is 1. The van der Waals surface area contributed by atoms with Gasteiger partial charge in [-0.1, -0.05) is 102 Å². The summed E-state index contributed by atoms with van der Waals surface area (Å²) in [5.41, 5.74) is 0. The minimum atomic E-state index is -0.893. The molecule has 0 aromatic rings. The van der Waals surface area contributed by atoms with E-state index in [1.54, 1.807) is 6.08 Å². The van der Waals surface area contributed by atoms with Gasteiger partial charge in [-0.3, -0.25) is 4.79 Å². The third kappa shape index (κ3) is 17.5. The maximum absolute atomic E-state index is 11.1. The van der Waals surface area contributed by atoms with Crippen molar-refractivity contribution < 1.29 is 9.90 Å². The Bertz CT molecular complexity index is 329. The Labute approximate surface area is 150 Å². The van der Waals surface area contributed by atoms with Gasteiger partial charge in [0.25, 0.3) is 0 Å². The quantitative estimate of drug-likeness (QED) is 0.186. The van der Waals surface area contributed by atoms with Gasteiger partial charge in [0.2, 0.25) is 0 Å². The van der Waals surface area contributed by atoms with Gasteiger partial charge < -0.3 is 5.11 Å². The number of aliphatic hydroxyl groups excluding tert-OH is 1. The van der Waals surface area contributed by atoms with Gasteiger partial charge in [-0.05, 0) is 25.8 Å². The summed E-state index contributed by atoms with van der Waals surface area (Å²) in [5, 5.41) is 9.03. The Morgan fingerprint density at radius 1 is 0.792 bits per heavy atom. The van der Waals surface area contributed by atoms with E-state index >= 15 is 0 Å². The molecule has 0 aliphatic carbocycles. The van der Waals surface area contributed by atoms with Crippen LogP contribution in [0.5, 0.6) is 0 Å². The first kappa shape index (κ1) is 23.1. The number of unbranched alkanes of at least 4 members (excludes halogenated alkanes) is 13. The molecular weight excluding hydrogens is 296 g/mol. The molecule has 0 aliphatic heterocycles. The highest BCUT2D eigenvalue weighted by Gasteiger charge is 2.01. The van der Waals surface area contributed by atoms with E-state index in [0.717, 1.165) is 6.42 Å². The van der Waals surface area contributed by atoms with Crippen LogP contribution in [0.4, 0.5) is 0 Å². The summed E-state index contributed by atoms with van der Waals surface area (Å²) in [7, 11) is 0. The SMILES string of the molecule is CCCCCCCCCCCCCCCC=CC=CC(=O)C(C)O. The molecule has 24 heavy (non-hydrogen) atoms. The number of rotatable bonds is 17. The van der Waals surface area contributed by atoms with E-state index in [1.165, 1.54) is 96.5 Å². The molecule has 0 saturated carbocycles. The van der Waals surface area contributed by atoms with E-state index in [9.17, 15) is 4.79 Å².